The summed E-state index contributed by atoms with van der Waals surface area (Å²) in [6.45, 7) is 5.49. The van der Waals surface area contributed by atoms with Gasteiger partial charge < -0.3 is 5.73 Å². The van der Waals surface area contributed by atoms with Crippen LogP contribution in [0.1, 0.15) is 18.4 Å². The molecule has 5 nitrogen and oxygen atoms in total. The van der Waals surface area contributed by atoms with E-state index in [1.165, 1.54) is 12.1 Å². The number of hydrogen-bond acceptors (Lipinski definition) is 4. The monoisotopic (exact) mass is 231 g/mol. The van der Waals surface area contributed by atoms with Gasteiger partial charge in [-0.2, -0.15) is 5.26 Å². The number of anilines is 1. The lowest BCUT2D eigenvalue weighted by Crippen LogP contribution is -2.06. The molecule has 0 fully saturated rings. The zero-order valence-corrected chi connectivity index (χ0v) is 9.46. The summed E-state index contributed by atoms with van der Waals surface area (Å²) >= 11 is 0. The van der Waals surface area contributed by atoms with E-state index in [-0.39, 0.29) is 17.3 Å². The highest BCUT2D eigenvalue weighted by Crippen LogP contribution is 2.30. The van der Waals surface area contributed by atoms with Crippen LogP contribution in [0.15, 0.2) is 30.9 Å². The van der Waals surface area contributed by atoms with Crippen molar-refractivity contribution in [1.82, 2.24) is 0 Å². The molecule has 2 atom stereocenters. The van der Waals surface area contributed by atoms with Crippen LogP contribution in [0.2, 0.25) is 0 Å². The van der Waals surface area contributed by atoms with E-state index in [0.29, 0.717) is 5.56 Å². The van der Waals surface area contributed by atoms with Crippen molar-refractivity contribution in [1.29, 1.82) is 5.26 Å². The Hall–Kier alpha value is -2.35. The summed E-state index contributed by atoms with van der Waals surface area (Å²) in [5.74, 6) is -0.434. The third kappa shape index (κ3) is 2.61. The number of nitrogens with two attached hydrogens (primary N) is 1. The van der Waals surface area contributed by atoms with Gasteiger partial charge in [0, 0.05) is 6.07 Å². The van der Waals surface area contributed by atoms with E-state index in [0.717, 1.165) is 0 Å². The molecule has 5 heteroatoms. The van der Waals surface area contributed by atoms with E-state index in [1.807, 2.05) is 6.92 Å². The number of nitriles is 1. The predicted molar refractivity (Wildman–Crippen MR) is 65.2 cm³/mol. The fraction of sp³-hybridized carbons (Fsp3) is 0.250. The molecule has 0 aliphatic heterocycles. The number of nitro benzene ring substituents is 1. The van der Waals surface area contributed by atoms with Crippen molar-refractivity contribution in [3.8, 4) is 6.07 Å². The van der Waals surface area contributed by atoms with E-state index < -0.39 is 10.8 Å². The first-order valence-electron chi connectivity index (χ1n) is 5.07. The number of hydrogen-bond donors (Lipinski definition) is 1. The van der Waals surface area contributed by atoms with Gasteiger partial charge in [-0.3, -0.25) is 10.1 Å². The predicted octanol–water partition coefficient (Wildman–Crippen LogP) is 2.61. The summed E-state index contributed by atoms with van der Waals surface area (Å²) in [5.41, 5.74) is 6.18. The number of rotatable bonds is 4. The number of nitrogen functional groups attached to an aromatic ring is 1. The minimum Gasteiger partial charge on any atom is -0.393 e. The number of nitrogens with zero attached hydrogens (tertiary/aromatic N) is 2. The van der Waals surface area contributed by atoms with Crippen molar-refractivity contribution < 1.29 is 4.92 Å². The van der Waals surface area contributed by atoms with Gasteiger partial charge in [0.05, 0.1) is 16.9 Å². The second kappa shape index (κ2) is 5.12. The van der Waals surface area contributed by atoms with Crippen molar-refractivity contribution in [2.45, 2.75) is 12.8 Å². The van der Waals surface area contributed by atoms with Gasteiger partial charge in [-0.1, -0.05) is 19.1 Å². The Kier molecular flexibility index (Phi) is 3.83. The minimum atomic E-state index is -0.544. The summed E-state index contributed by atoms with van der Waals surface area (Å²) < 4.78 is 0. The molecular formula is C12H13N3O2. The molecule has 1 rings (SSSR count). The Bertz CT molecular complexity index is 491. The van der Waals surface area contributed by atoms with Gasteiger partial charge in [-0.15, -0.1) is 6.58 Å². The van der Waals surface area contributed by atoms with Gasteiger partial charge in [-0.05, 0) is 17.5 Å². The lowest BCUT2D eigenvalue weighted by atomic mass is 9.88. The molecule has 0 saturated heterocycles. The van der Waals surface area contributed by atoms with Crippen molar-refractivity contribution >= 4 is 11.4 Å². The SMILES string of the molecule is C=CC(C)C(C#N)c1ccc([N+](=O)[O-])c(N)c1. The van der Waals surface area contributed by atoms with Crippen LogP contribution in [0.5, 0.6) is 0 Å². The molecule has 0 spiro atoms. The van der Waals surface area contributed by atoms with Crippen LogP contribution >= 0.6 is 0 Å². The summed E-state index contributed by atoms with van der Waals surface area (Å²) in [5, 5.41) is 19.7. The first-order chi connectivity index (χ1) is 8.01. The number of nitro groups is 1. The molecule has 0 radical (unpaired) electrons. The molecular weight excluding hydrogens is 218 g/mol. The van der Waals surface area contributed by atoms with Crippen LogP contribution in [0.3, 0.4) is 0 Å². The van der Waals surface area contributed by atoms with Crippen LogP contribution in [0.25, 0.3) is 0 Å². The first-order valence-corrected chi connectivity index (χ1v) is 5.07. The van der Waals surface area contributed by atoms with Crippen LogP contribution in [0, 0.1) is 27.4 Å². The Balaban J connectivity index is 3.17. The second-order valence-corrected chi connectivity index (χ2v) is 3.78. The average Bonchev–Trinajstić information content (AvgIpc) is 2.29. The zero-order valence-electron chi connectivity index (χ0n) is 9.46. The fourth-order valence-corrected chi connectivity index (χ4v) is 1.56. The Labute approximate surface area is 99.3 Å². The molecule has 17 heavy (non-hydrogen) atoms. The molecule has 0 heterocycles. The molecule has 0 bridgehead atoms. The number of allylic oxidation sites excluding steroid dienone is 1. The van der Waals surface area contributed by atoms with E-state index in [1.54, 1.807) is 12.1 Å². The maximum Gasteiger partial charge on any atom is 0.292 e. The smallest absolute Gasteiger partial charge is 0.292 e. The molecule has 1 aromatic carbocycles. The molecule has 88 valence electrons. The lowest BCUT2D eigenvalue weighted by molar-refractivity contribution is -0.383. The molecule has 0 aromatic heterocycles. The Morgan fingerprint density at radius 2 is 2.29 bits per heavy atom. The maximum atomic E-state index is 10.6. The van der Waals surface area contributed by atoms with Gasteiger partial charge >= 0.3 is 0 Å². The normalized spacial score (nSPS) is 13.4. The average molecular weight is 231 g/mol. The minimum absolute atomic E-state index is 0.0409. The summed E-state index contributed by atoms with van der Waals surface area (Å²) in [6, 6.07) is 6.51. The van der Waals surface area contributed by atoms with E-state index >= 15 is 0 Å². The largest absolute Gasteiger partial charge is 0.393 e. The van der Waals surface area contributed by atoms with Gasteiger partial charge in [0.1, 0.15) is 5.69 Å². The van der Waals surface area contributed by atoms with Gasteiger partial charge in [0.15, 0.2) is 0 Å². The van der Waals surface area contributed by atoms with E-state index in [4.69, 9.17) is 11.0 Å². The maximum absolute atomic E-state index is 10.6. The highest BCUT2D eigenvalue weighted by Gasteiger charge is 2.19. The summed E-state index contributed by atoms with van der Waals surface area (Å²) in [7, 11) is 0. The van der Waals surface area contributed by atoms with Gasteiger partial charge in [0.2, 0.25) is 0 Å². The summed E-state index contributed by atoms with van der Waals surface area (Å²) in [4.78, 5) is 10.1. The lowest BCUT2D eigenvalue weighted by Gasteiger charge is -2.14. The quantitative estimate of drug-likeness (QED) is 0.373. The topological polar surface area (TPSA) is 92.9 Å². The first kappa shape index (κ1) is 12.7. The van der Waals surface area contributed by atoms with Crippen molar-refractivity contribution in [3.05, 3.63) is 46.5 Å². The van der Waals surface area contributed by atoms with E-state index in [2.05, 4.69) is 12.6 Å². The van der Waals surface area contributed by atoms with Gasteiger partial charge in [-0.25, -0.2) is 0 Å². The zero-order chi connectivity index (χ0) is 13.0. The van der Waals surface area contributed by atoms with Crippen molar-refractivity contribution in [3.63, 3.8) is 0 Å². The van der Waals surface area contributed by atoms with Crippen molar-refractivity contribution in [2.75, 3.05) is 5.73 Å². The van der Waals surface area contributed by atoms with Crippen LogP contribution in [0.4, 0.5) is 11.4 Å². The number of benzene rings is 1. The molecule has 0 aliphatic carbocycles. The van der Waals surface area contributed by atoms with Crippen LogP contribution in [-0.2, 0) is 0 Å². The van der Waals surface area contributed by atoms with Crippen molar-refractivity contribution in [2.24, 2.45) is 5.92 Å². The molecule has 0 aliphatic rings. The van der Waals surface area contributed by atoms with Crippen LogP contribution < -0.4 is 5.73 Å². The third-order valence-corrected chi connectivity index (χ3v) is 2.64. The highest BCUT2D eigenvalue weighted by molar-refractivity contribution is 5.60. The standard InChI is InChI=1S/C12H13N3O2/c1-3-8(2)10(7-13)9-4-5-12(15(16)17)11(14)6-9/h3-6,8,10H,1,14H2,2H3. The molecule has 2 N–H and O–H groups in total. The molecule has 0 saturated carbocycles. The third-order valence-electron chi connectivity index (χ3n) is 2.64. The Morgan fingerprint density at radius 1 is 1.65 bits per heavy atom. The summed E-state index contributed by atoms with van der Waals surface area (Å²) in [6.07, 6.45) is 1.67. The fourth-order valence-electron chi connectivity index (χ4n) is 1.56. The molecule has 1 aromatic rings. The van der Waals surface area contributed by atoms with Gasteiger partial charge in [0.25, 0.3) is 5.69 Å². The molecule has 2 unspecified atom stereocenters. The molecule has 0 amide bonds. The highest BCUT2D eigenvalue weighted by atomic mass is 16.6. The van der Waals surface area contributed by atoms with E-state index in [9.17, 15) is 10.1 Å². The Morgan fingerprint density at radius 3 is 2.71 bits per heavy atom. The second-order valence-electron chi connectivity index (χ2n) is 3.78. The van der Waals surface area contributed by atoms with Crippen LogP contribution in [-0.4, -0.2) is 4.92 Å².